The molecule has 1 aliphatic rings. The Morgan fingerprint density at radius 2 is 1.52 bits per heavy atom. The molecule has 1 fully saturated rings. The molecule has 1 heterocycles. The predicted molar refractivity (Wildman–Crippen MR) is 128 cm³/mol. The van der Waals surface area contributed by atoms with Gasteiger partial charge in [-0.3, -0.25) is 4.79 Å². The Kier molecular flexibility index (Phi) is 7.80. The van der Waals surface area contributed by atoms with Gasteiger partial charge in [-0.1, -0.05) is 31.5 Å². The van der Waals surface area contributed by atoms with Crippen molar-refractivity contribution in [3.05, 3.63) is 53.1 Å². The molecule has 1 saturated heterocycles. The largest absolute Gasteiger partial charge is 0.368 e. The lowest BCUT2D eigenvalue weighted by atomic mass is 10.0. The maximum Gasteiger partial charge on any atom is 0.323 e. The Balaban J connectivity index is 1.51. The van der Waals surface area contributed by atoms with Crippen molar-refractivity contribution in [3.63, 3.8) is 0 Å². The van der Waals surface area contributed by atoms with Crippen molar-refractivity contribution in [2.45, 2.75) is 33.6 Å². The molecule has 2 aromatic rings. The SMILES string of the molecule is CCC(CC)C(=O)N1CCN(c2ccc(NC(=O)Nc3ccc(C)c(Cl)c3)cc2)CC1. The smallest absolute Gasteiger partial charge is 0.323 e. The van der Waals surface area contributed by atoms with Crippen LogP contribution in [0.5, 0.6) is 0 Å². The molecule has 3 rings (SSSR count). The molecule has 0 bridgehead atoms. The Hall–Kier alpha value is -2.73. The molecule has 0 spiro atoms. The number of nitrogens with one attached hydrogen (secondary N) is 2. The zero-order chi connectivity index (χ0) is 22.4. The number of halogens is 1. The first-order valence-electron chi connectivity index (χ1n) is 10.9. The van der Waals surface area contributed by atoms with Crippen molar-refractivity contribution in [1.29, 1.82) is 0 Å². The molecule has 6 nitrogen and oxygen atoms in total. The highest BCUT2D eigenvalue weighted by Gasteiger charge is 2.25. The maximum absolute atomic E-state index is 12.6. The minimum atomic E-state index is -0.318. The third-order valence-electron chi connectivity index (χ3n) is 5.85. The van der Waals surface area contributed by atoms with Gasteiger partial charge in [0, 0.05) is 54.2 Å². The topological polar surface area (TPSA) is 64.7 Å². The minimum Gasteiger partial charge on any atom is -0.368 e. The molecule has 7 heteroatoms. The molecular weight excluding hydrogens is 412 g/mol. The van der Waals surface area contributed by atoms with Crippen molar-refractivity contribution < 1.29 is 9.59 Å². The molecule has 0 radical (unpaired) electrons. The lowest BCUT2D eigenvalue weighted by Gasteiger charge is -2.37. The highest BCUT2D eigenvalue weighted by atomic mass is 35.5. The molecule has 0 aromatic heterocycles. The highest BCUT2D eigenvalue weighted by molar-refractivity contribution is 6.31. The summed E-state index contributed by atoms with van der Waals surface area (Å²) in [6, 6.07) is 12.9. The third kappa shape index (κ3) is 5.91. The predicted octanol–water partition coefficient (Wildman–Crippen LogP) is 5.38. The average molecular weight is 443 g/mol. The molecule has 0 atom stereocenters. The summed E-state index contributed by atoms with van der Waals surface area (Å²) in [6.45, 7) is 9.19. The van der Waals surface area contributed by atoms with Crippen LogP contribution in [0.15, 0.2) is 42.5 Å². The van der Waals surface area contributed by atoms with E-state index in [0.717, 1.165) is 50.3 Å². The first-order valence-corrected chi connectivity index (χ1v) is 11.3. The van der Waals surface area contributed by atoms with E-state index in [4.69, 9.17) is 11.6 Å². The number of aryl methyl sites for hydroxylation is 1. The Morgan fingerprint density at radius 3 is 2.10 bits per heavy atom. The van der Waals surface area contributed by atoms with Crippen LogP contribution in [0.25, 0.3) is 0 Å². The van der Waals surface area contributed by atoms with Crippen molar-refractivity contribution in [2.24, 2.45) is 5.92 Å². The number of carbonyl (C=O) groups is 2. The summed E-state index contributed by atoms with van der Waals surface area (Å²) in [4.78, 5) is 29.1. The molecule has 0 unspecified atom stereocenters. The average Bonchev–Trinajstić information content (AvgIpc) is 2.77. The Labute approximate surface area is 189 Å². The van der Waals surface area contributed by atoms with E-state index in [2.05, 4.69) is 29.4 Å². The lowest BCUT2D eigenvalue weighted by Crippen LogP contribution is -2.50. The number of nitrogens with zero attached hydrogens (tertiary/aromatic N) is 2. The highest BCUT2D eigenvalue weighted by Crippen LogP contribution is 2.22. The van der Waals surface area contributed by atoms with E-state index in [1.54, 1.807) is 6.07 Å². The van der Waals surface area contributed by atoms with Crippen LogP contribution in [0, 0.1) is 12.8 Å². The summed E-state index contributed by atoms with van der Waals surface area (Å²) in [5.41, 5.74) is 3.40. The summed E-state index contributed by atoms with van der Waals surface area (Å²) in [5.74, 6) is 0.420. The summed E-state index contributed by atoms with van der Waals surface area (Å²) in [6.07, 6.45) is 1.79. The number of benzene rings is 2. The van der Waals surface area contributed by atoms with Gasteiger partial charge in [-0.15, -0.1) is 0 Å². The van der Waals surface area contributed by atoms with Crippen LogP contribution in [0.4, 0.5) is 21.9 Å². The van der Waals surface area contributed by atoms with Crippen LogP contribution >= 0.6 is 11.6 Å². The quantitative estimate of drug-likeness (QED) is 0.631. The zero-order valence-corrected chi connectivity index (χ0v) is 19.2. The molecule has 166 valence electrons. The van der Waals surface area contributed by atoms with Gasteiger partial charge < -0.3 is 20.4 Å². The van der Waals surface area contributed by atoms with Crippen molar-refractivity contribution in [1.82, 2.24) is 4.90 Å². The summed E-state index contributed by atoms with van der Waals surface area (Å²) < 4.78 is 0. The number of piperazine rings is 1. The number of urea groups is 1. The van der Waals surface area contributed by atoms with Gasteiger partial charge in [-0.2, -0.15) is 0 Å². The van der Waals surface area contributed by atoms with Gasteiger partial charge in [0.05, 0.1) is 0 Å². The fourth-order valence-electron chi connectivity index (χ4n) is 3.80. The second-order valence-electron chi connectivity index (χ2n) is 7.92. The summed E-state index contributed by atoms with van der Waals surface area (Å²) in [7, 11) is 0. The molecule has 2 aromatic carbocycles. The van der Waals surface area contributed by atoms with E-state index < -0.39 is 0 Å². The van der Waals surface area contributed by atoms with Crippen LogP contribution in [0.3, 0.4) is 0 Å². The van der Waals surface area contributed by atoms with Crippen LogP contribution < -0.4 is 15.5 Å². The Bertz CT molecular complexity index is 904. The van der Waals surface area contributed by atoms with E-state index in [1.807, 2.05) is 48.2 Å². The van der Waals surface area contributed by atoms with E-state index in [9.17, 15) is 9.59 Å². The minimum absolute atomic E-state index is 0.138. The molecular formula is C24H31ClN4O2. The fourth-order valence-corrected chi connectivity index (χ4v) is 3.98. The van der Waals surface area contributed by atoms with E-state index in [0.29, 0.717) is 16.4 Å². The number of amides is 3. The molecule has 2 N–H and O–H groups in total. The standard InChI is InChI=1S/C24H31ClN4O2/c1-4-18(5-2)23(30)29-14-12-28(13-15-29)21-10-8-19(9-11-21)26-24(31)27-20-7-6-17(3)22(25)16-20/h6-11,16,18H,4-5,12-15H2,1-3H3,(H2,26,27,31). The van der Waals surface area contributed by atoms with E-state index in [1.165, 1.54) is 0 Å². The third-order valence-corrected chi connectivity index (χ3v) is 6.25. The normalized spacial score (nSPS) is 14.0. The molecule has 31 heavy (non-hydrogen) atoms. The van der Waals surface area contributed by atoms with Crippen LogP contribution in [-0.4, -0.2) is 43.0 Å². The van der Waals surface area contributed by atoms with Gasteiger partial charge >= 0.3 is 6.03 Å². The van der Waals surface area contributed by atoms with Gasteiger partial charge in [0.25, 0.3) is 0 Å². The maximum atomic E-state index is 12.6. The first-order chi connectivity index (χ1) is 14.9. The van der Waals surface area contributed by atoms with Gasteiger partial charge in [0.2, 0.25) is 5.91 Å². The number of anilines is 3. The molecule has 0 aliphatic carbocycles. The van der Waals surface area contributed by atoms with Gasteiger partial charge in [0.1, 0.15) is 0 Å². The number of hydrogen-bond acceptors (Lipinski definition) is 3. The number of carbonyl (C=O) groups excluding carboxylic acids is 2. The summed E-state index contributed by atoms with van der Waals surface area (Å²) in [5, 5.41) is 6.24. The molecule has 0 saturated carbocycles. The number of hydrogen-bond donors (Lipinski definition) is 2. The van der Waals surface area contributed by atoms with Crippen molar-refractivity contribution in [2.75, 3.05) is 41.7 Å². The zero-order valence-electron chi connectivity index (χ0n) is 18.5. The number of rotatable bonds is 6. The second kappa shape index (κ2) is 10.5. The van der Waals surface area contributed by atoms with Crippen molar-refractivity contribution >= 4 is 40.6 Å². The van der Waals surface area contributed by atoms with Gasteiger partial charge in [-0.05, 0) is 61.7 Å². The molecule has 3 amide bonds. The summed E-state index contributed by atoms with van der Waals surface area (Å²) >= 11 is 6.11. The van der Waals surface area contributed by atoms with E-state index in [-0.39, 0.29) is 17.9 Å². The second-order valence-corrected chi connectivity index (χ2v) is 8.32. The molecule has 1 aliphatic heterocycles. The first kappa shape index (κ1) is 22.9. The van der Waals surface area contributed by atoms with E-state index >= 15 is 0 Å². The monoisotopic (exact) mass is 442 g/mol. The van der Waals surface area contributed by atoms with Gasteiger partial charge in [0.15, 0.2) is 0 Å². The Morgan fingerprint density at radius 1 is 0.935 bits per heavy atom. The van der Waals surface area contributed by atoms with Gasteiger partial charge in [-0.25, -0.2) is 4.79 Å². The van der Waals surface area contributed by atoms with Crippen molar-refractivity contribution in [3.8, 4) is 0 Å². The van der Waals surface area contributed by atoms with Crippen LogP contribution in [-0.2, 0) is 4.79 Å². The fraction of sp³-hybridized carbons (Fsp3) is 0.417. The van der Waals surface area contributed by atoms with Crippen LogP contribution in [0.2, 0.25) is 5.02 Å². The van der Waals surface area contributed by atoms with Crippen LogP contribution in [0.1, 0.15) is 32.3 Å². The lowest BCUT2D eigenvalue weighted by molar-refractivity contribution is -0.136.